The summed E-state index contributed by atoms with van der Waals surface area (Å²) in [5, 5.41) is 0. The van der Waals surface area contributed by atoms with Crippen molar-refractivity contribution in [2.75, 3.05) is 13.0 Å². The Hall–Kier alpha value is -1.62. The molecule has 4 nitrogen and oxygen atoms in total. The Labute approximate surface area is 96.9 Å². The van der Waals surface area contributed by atoms with Gasteiger partial charge in [-0.3, -0.25) is 0 Å². The molecule has 0 saturated carbocycles. The van der Waals surface area contributed by atoms with Gasteiger partial charge in [-0.25, -0.2) is 14.2 Å². The number of nitrogens with two attached hydrogens (primary N) is 1. The lowest BCUT2D eigenvalue weighted by molar-refractivity contribution is 0.0600. The Bertz CT molecular complexity index is 435. The zero-order valence-electron chi connectivity index (χ0n) is 8.54. The molecule has 0 amide bonds. The first-order chi connectivity index (χ1) is 7.58. The average molecular weight is 245 g/mol. The largest absolute Gasteiger partial charge is 0.465 e. The van der Waals surface area contributed by atoms with E-state index < -0.39 is 11.8 Å². The number of amidine groups is 1. The molecule has 86 valence electrons. The minimum atomic E-state index is -0.657. The summed E-state index contributed by atoms with van der Waals surface area (Å²) in [6, 6.07) is 3.77. The van der Waals surface area contributed by atoms with Gasteiger partial charge < -0.3 is 10.5 Å². The summed E-state index contributed by atoms with van der Waals surface area (Å²) >= 11 is 5.41. The molecule has 0 fully saturated rings. The summed E-state index contributed by atoms with van der Waals surface area (Å²) in [6.07, 6.45) is 0. The number of hydrogen-bond acceptors (Lipinski definition) is 3. The Morgan fingerprint density at radius 3 is 2.81 bits per heavy atom. The zero-order chi connectivity index (χ0) is 12.1. The normalized spacial score (nSPS) is 11.3. The first-order valence-electron chi connectivity index (χ1n) is 4.35. The third kappa shape index (κ3) is 2.93. The van der Waals surface area contributed by atoms with E-state index >= 15 is 0 Å². The summed E-state index contributed by atoms with van der Waals surface area (Å²) in [6.45, 7) is 0. The van der Waals surface area contributed by atoms with Crippen LogP contribution >= 0.6 is 11.6 Å². The second-order valence-corrected chi connectivity index (χ2v) is 3.16. The Morgan fingerprint density at radius 1 is 1.62 bits per heavy atom. The van der Waals surface area contributed by atoms with E-state index in [0.29, 0.717) is 0 Å². The third-order valence-electron chi connectivity index (χ3n) is 1.77. The van der Waals surface area contributed by atoms with Crippen molar-refractivity contribution in [3.8, 4) is 0 Å². The summed E-state index contributed by atoms with van der Waals surface area (Å²) in [7, 11) is 1.22. The van der Waals surface area contributed by atoms with Gasteiger partial charge in [-0.15, -0.1) is 11.6 Å². The third-order valence-corrected chi connectivity index (χ3v) is 2.04. The number of methoxy groups -OCH3 is 1. The number of halogens is 2. The number of benzene rings is 1. The number of aliphatic imine (C=N–C) groups is 1. The fourth-order valence-electron chi connectivity index (χ4n) is 1.03. The zero-order valence-corrected chi connectivity index (χ0v) is 9.29. The van der Waals surface area contributed by atoms with Crippen LogP contribution in [0.5, 0.6) is 0 Å². The quantitative estimate of drug-likeness (QED) is 0.382. The highest BCUT2D eigenvalue weighted by molar-refractivity contribution is 6.28. The summed E-state index contributed by atoms with van der Waals surface area (Å²) in [4.78, 5) is 14.8. The van der Waals surface area contributed by atoms with Crippen molar-refractivity contribution < 1.29 is 13.9 Å². The van der Waals surface area contributed by atoms with Crippen molar-refractivity contribution in [3.63, 3.8) is 0 Å². The van der Waals surface area contributed by atoms with E-state index in [1.54, 1.807) is 0 Å². The summed E-state index contributed by atoms with van der Waals surface area (Å²) in [5.74, 6) is -1.15. The van der Waals surface area contributed by atoms with Crippen molar-refractivity contribution in [2.24, 2.45) is 10.7 Å². The molecule has 0 radical (unpaired) electrons. The van der Waals surface area contributed by atoms with Crippen molar-refractivity contribution in [1.29, 1.82) is 0 Å². The van der Waals surface area contributed by atoms with Crippen LogP contribution in [0, 0.1) is 5.82 Å². The van der Waals surface area contributed by atoms with Crippen LogP contribution in [0.4, 0.5) is 10.1 Å². The minimum absolute atomic E-state index is 0.0121. The minimum Gasteiger partial charge on any atom is -0.465 e. The number of carbonyl (C=O) groups is 1. The summed E-state index contributed by atoms with van der Waals surface area (Å²) < 4.78 is 17.9. The van der Waals surface area contributed by atoms with Crippen LogP contribution in [-0.2, 0) is 4.74 Å². The van der Waals surface area contributed by atoms with Gasteiger partial charge in [0.1, 0.15) is 17.3 Å². The van der Waals surface area contributed by atoms with Crippen LogP contribution in [0.2, 0.25) is 0 Å². The van der Waals surface area contributed by atoms with E-state index in [-0.39, 0.29) is 23.0 Å². The van der Waals surface area contributed by atoms with Gasteiger partial charge in [-0.05, 0) is 18.2 Å². The predicted octanol–water partition coefficient (Wildman–Crippen LogP) is 1.84. The van der Waals surface area contributed by atoms with Gasteiger partial charge in [0.15, 0.2) is 0 Å². The standard InChI is InChI=1S/C10H10ClFN2O2/c1-16-10(15)6-2-3-8(7(12)4-6)14-9(13)5-11/h2-4H,5H2,1H3,(H2,13,14). The number of carbonyl (C=O) groups excluding carboxylic acids is 1. The van der Waals surface area contributed by atoms with Gasteiger partial charge in [0.25, 0.3) is 0 Å². The average Bonchev–Trinajstić information content (AvgIpc) is 2.30. The van der Waals surface area contributed by atoms with Crippen molar-refractivity contribution in [2.45, 2.75) is 0 Å². The van der Waals surface area contributed by atoms with Crippen molar-refractivity contribution in [3.05, 3.63) is 29.6 Å². The van der Waals surface area contributed by atoms with Crippen molar-refractivity contribution in [1.82, 2.24) is 0 Å². The molecular weight excluding hydrogens is 235 g/mol. The first kappa shape index (κ1) is 12.4. The first-order valence-corrected chi connectivity index (χ1v) is 4.88. The Morgan fingerprint density at radius 2 is 2.31 bits per heavy atom. The molecule has 0 aliphatic heterocycles. The van der Waals surface area contributed by atoms with Gasteiger partial charge >= 0.3 is 5.97 Å². The molecule has 1 aromatic carbocycles. The Balaban J connectivity index is 3.05. The molecule has 2 N–H and O–H groups in total. The SMILES string of the molecule is COC(=O)c1ccc(N=C(N)CCl)c(F)c1. The second-order valence-electron chi connectivity index (χ2n) is 2.89. The molecule has 1 rings (SSSR count). The maximum Gasteiger partial charge on any atom is 0.337 e. The highest BCUT2D eigenvalue weighted by Gasteiger charge is 2.09. The monoisotopic (exact) mass is 244 g/mol. The van der Waals surface area contributed by atoms with E-state index in [9.17, 15) is 9.18 Å². The number of esters is 1. The molecule has 0 aromatic heterocycles. The molecule has 6 heteroatoms. The smallest absolute Gasteiger partial charge is 0.337 e. The van der Waals surface area contributed by atoms with Crippen LogP contribution in [0.25, 0.3) is 0 Å². The van der Waals surface area contributed by atoms with Crippen LogP contribution in [0.3, 0.4) is 0 Å². The van der Waals surface area contributed by atoms with Gasteiger partial charge in [0.2, 0.25) is 0 Å². The molecule has 16 heavy (non-hydrogen) atoms. The van der Waals surface area contributed by atoms with Gasteiger partial charge in [-0.2, -0.15) is 0 Å². The van der Waals surface area contributed by atoms with E-state index in [1.165, 1.54) is 19.2 Å². The van der Waals surface area contributed by atoms with Gasteiger partial charge in [-0.1, -0.05) is 0 Å². The lowest BCUT2D eigenvalue weighted by Crippen LogP contribution is -2.12. The molecular formula is C10H10ClFN2O2. The van der Waals surface area contributed by atoms with E-state index in [0.717, 1.165) is 6.07 Å². The summed E-state index contributed by atoms with van der Waals surface area (Å²) in [5.41, 5.74) is 5.51. The highest BCUT2D eigenvalue weighted by atomic mass is 35.5. The topological polar surface area (TPSA) is 64.7 Å². The fraction of sp³-hybridized carbons (Fsp3) is 0.200. The van der Waals surface area contributed by atoms with Gasteiger partial charge in [0.05, 0.1) is 18.6 Å². The molecule has 0 spiro atoms. The van der Waals surface area contributed by atoms with Crippen LogP contribution in [-0.4, -0.2) is 24.8 Å². The second kappa shape index (κ2) is 5.46. The molecule has 0 aliphatic rings. The molecule has 0 unspecified atom stereocenters. The van der Waals surface area contributed by atoms with Crippen molar-refractivity contribution >= 4 is 29.1 Å². The van der Waals surface area contributed by atoms with Crippen LogP contribution in [0.1, 0.15) is 10.4 Å². The molecule has 0 aliphatic carbocycles. The number of hydrogen-bond donors (Lipinski definition) is 1. The maximum atomic E-state index is 13.4. The van der Waals surface area contributed by atoms with Gasteiger partial charge in [0, 0.05) is 0 Å². The molecule has 0 heterocycles. The number of nitrogens with zero attached hydrogens (tertiary/aromatic N) is 1. The molecule has 0 atom stereocenters. The molecule has 0 bridgehead atoms. The van der Waals surface area contributed by atoms with Crippen LogP contribution in [0.15, 0.2) is 23.2 Å². The predicted molar refractivity (Wildman–Crippen MR) is 59.7 cm³/mol. The number of rotatable bonds is 3. The van der Waals surface area contributed by atoms with E-state index in [4.69, 9.17) is 17.3 Å². The molecule has 0 saturated heterocycles. The maximum absolute atomic E-state index is 13.4. The lowest BCUT2D eigenvalue weighted by Gasteiger charge is -2.02. The number of ether oxygens (including phenoxy) is 1. The lowest BCUT2D eigenvalue weighted by atomic mass is 10.2. The fourth-order valence-corrected chi connectivity index (χ4v) is 1.09. The van der Waals surface area contributed by atoms with Crippen LogP contribution < -0.4 is 5.73 Å². The Kier molecular flexibility index (Phi) is 4.25. The van der Waals surface area contributed by atoms with E-state index in [2.05, 4.69) is 9.73 Å². The highest BCUT2D eigenvalue weighted by Crippen LogP contribution is 2.19. The molecule has 1 aromatic rings. The number of alkyl halides is 1. The van der Waals surface area contributed by atoms with E-state index in [1.807, 2.05) is 0 Å².